The van der Waals surface area contributed by atoms with Crippen molar-refractivity contribution in [2.45, 2.75) is 58.1 Å². The topological polar surface area (TPSA) is 24.5 Å². The second-order valence-electron chi connectivity index (χ2n) is 5.62. The fourth-order valence-electron chi connectivity index (χ4n) is 2.58. The summed E-state index contributed by atoms with van der Waals surface area (Å²) in [6, 6.07) is 0.661. The number of hydrogen-bond acceptors (Lipinski definition) is 3. The van der Waals surface area contributed by atoms with Gasteiger partial charge in [0.1, 0.15) is 0 Å². The quantitative estimate of drug-likeness (QED) is 0.693. The highest BCUT2D eigenvalue weighted by Crippen LogP contribution is 2.25. The Morgan fingerprint density at radius 2 is 2.18 bits per heavy atom. The van der Waals surface area contributed by atoms with Gasteiger partial charge in [-0.15, -0.1) is 0 Å². The van der Waals surface area contributed by atoms with Crippen molar-refractivity contribution in [1.82, 2.24) is 10.2 Å². The van der Waals surface area contributed by atoms with Gasteiger partial charge in [0.2, 0.25) is 0 Å². The van der Waals surface area contributed by atoms with E-state index in [-0.39, 0.29) is 5.60 Å². The van der Waals surface area contributed by atoms with E-state index in [9.17, 15) is 0 Å². The predicted octanol–water partition coefficient (Wildman–Crippen LogP) is 2.27. The molecule has 3 heteroatoms. The second-order valence-corrected chi connectivity index (χ2v) is 5.62. The molecule has 1 rings (SSSR count). The van der Waals surface area contributed by atoms with Gasteiger partial charge in [-0.1, -0.05) is 6.92 Å². The monoisotopic (exact) mass is 242 g/mol. The third-order valence-electron chi connectivity index (χ3n) is 3.97. The first-order valence-electron chi connectivity index (χ1n) is 7.11. The van der Waals surface area contributed by atoms with Gasteiger partial charge in [-0.2, -0.15) is 0 Å². The van der Waals surface area contributed by atoms with Gasteiger partial charge in [0, 0.05) is 19.7 Å². The summed E-state index contributed by atoms with van der Waals surface area (Å²) in [7, 11) is 1.84. The molecule has 0 aromatic heterocycles. The van der Waals surface area contributed by atoms with Gasteiger partial charge < -0.3 is 10.1 Å². The van der Waals surface area contributed by atoms with E-state index < -0.39 is 0 Å². The van der Waals surface area contributed by atoms with Crippen LogP contribution < -0.4 is 5.32 Å². The summed E-state index contributed by atoms with van der Waals surface area (Å²) in [4.78, 5) is 2.58. The molecule has 1 saturated heterocycles. The van der Waals surface area contributed by atoms with Crippen LogP contribution in [-0.2, 0) is 4.74 Å². The first-order valence-corrected chi connectivity index (χ1v) is 7.11. The Labute approximate surface area is 107 Å². The summed E-state index contributed by atoms with van der Waals surface area (Å²) < 4.78 is 5.64. The highest BCUT2D eigenvalue weighted by atomic mass is 16.5. The number of rotatable bonds is 7. The van der Waals surface area contributed by atoms with E-state index in [1.807, 2.05) is 7.11 Å². The molecule has 0 amide bonds. The lowest BCUT2D eigenvalue weighted by Crippen LogP contribution is -2.50. The number of hydrogen-bond donors (Lipinski definition) is 1. The summed E-state index contributed by atoms with van der Waals surface area (Å²) in [5.41, 5.74) is 0.0728. The average molecular weight is 242 g/mol. The van der Waals surface area contributed by atoms with Crippen molar-refractivity contribution in [2.24, 2.45) is 0 Å². The van der Waals surface area contributed by atoms with E-state index in [1.165, 1.54) is 32.2 Å². The molecule has 17 heavy (non-hydrogen) atoms. The molecule has 2 unspecified atom stereocenters. The third-order valence-corrected chi connectivity index (χ3v) is 3.97. The van der Waals surface area contributed by atoms with E-state index in [0.717, 1.165) is 19.6 Å². The zero-order valence-corrected chi connectivity index (χ0v) is 12.1. The van der Waals surface area contributed by atoms with Crippen LogP contribution in [0.4, 0.5) is 0 Å². The van der Waals surface area contributed by atoms with Crippen molar-refractivity contribution in [1.29, 1.82) is 0 Å². The Hall–Kier alpha value is -0.120. The zero-order valence-electron chi connectivity index (χ0n) is 12.1. The summed E-state index contributed by atoms with van der Waals surface area (Å²) in [6.07, 6.45) is 4.91. The van der Waals surface area contributed by atoms with Crippen molar-refractivity contribution in [3.05, 3.63) is 0 Å². The van der Waals surface area contributed by atoms with Gasteiger partial charge in [-0.25, -0.2) is 0 Å². The van der Waals surface area contributed by atoms with E-state index in [4.69, 9.17) is 4.74 Å². The number of nitrogens with one attached hydrogen (secondary N) is 1. The minimum absolute atomic E-state index is 0.0728. The summed E-state index contributed by atoms with van der Waals surface area (Å²) in [5.74, 6) is 0. The number of ether oxygens (including phenoxy) is 1. The molecule has 0 aromatic carbocycles. The minimum Gasteiger partial charge on any atom is -0.377 e. The molecular weight excluding hydrogens is 212 g/mol. The highest BCUT2D eigenvalue weighted by Gasteiger charge is 2.32. The Morgan fingerprint density at radius 3 is 2.82 bits per heavy atom. The number of piperidine rings is 1. The molecule has 2 atom stereocenters. The normalized spacial score (nSPS) is 28.2. The molecule has 1 fully saturated rings. The Balaban J connectivity index is 2.28. The molecule has 0 radical (unpaired) electrons. The maximum Gasteiger partial charge on any atom is 0.0777 e. The Kier molecular flexibility index (Phi) is 6.45. The molecule has 0 bridgehead atoms. The van der Waals surface area contributed by atoms with E-state index >= 15 is 0 Å². The molecule has 1 aliphatic heterocycles. The van der Waals surface area contributed by atoms with E-state index in [2.05, 4.69) is 31.0 Å². The Bertz CT molecular complexity index is 210. The predicted molar refractivity (Wildman–Crippen MR) is 73.5 cm³/mol. The van der Waals surface area contributed by atoms with Crippen molar-refractivity contribution in [2.75, 3.05) is 33.3 Å². The molecular formula is C14H30N2O. The SMILES string of the molecule is CCCNCCC(C)N1CCCC(C)(OC)C1. The van der Waals surface area contributed by atoms with E-state index in [1.54, 1.807) is 0 Å². The number of methoxy groups -OCH3 is 1. The number of likely N-dealkylation sites (tertiary alicyclic amines) is 1. The lowest BCUT2D eigenvalue weighted by molar-refractivity contribution is -0.0601. The molecule has 0 saturated carbocycles. The molecule has 0 aromatic rings. The van der Waals surface area contributed by atoms with E-state index in [0.29, 0.717) is 6.04 Å². The maximum atomic E-state index is 5.64. The van der Waals surface area contributed by atoms with Gasteiger partial charge in [0.05, 0.1) is 5.60 Å². The second kappa shape index (κ2) is 7.34. The van der Waals surface area contributed by atoms with Gasteiger partial charge in [0.15, 0.2) is 0 Å². The number of nitrogens with zero attached hydrogens (tertiary/aromatic N) is 1. The highest BCUT2D eigenvalue weighted by molar-refractivity contribution is 4.86. The van der Waals surface area contributed by atoms with Crippen LogP contribution in [0.15, 0.2) is 0 Å². The first-order chi connectivity index (χ1) is 8.11. The lowest BCUT2D eigenvalue weighted by atomic mass is 9.93. The molecule has 102 valence electrons. The van der Waals surface area contributed by atoms with Crippen LogP contribution in [0.25, 0.3) is 0 Å². The lowest BCUT2D eigenvalue weighted by Gasteiger charge is -2.42. The first kappa shape index (κ1) is 14.9. The van der Waals surface area contributed by atoms with Gasteiger partial charge >= 0.3 is 0 Å². The molecule has 1 heterocycles. The minimum atomic E-state index is 0.0728. The summed E-state index contributed by atoms with van der Waals surface area (Å²) in [5, 5.41) is 3.48. The molecule has 3 nitrogen and oxygen atoms in total. The largest absolute Gasteiger partial charge is 0.377 e. The van der Waals surface area contributed by atoms with Crippen molar-refractivity contribution < 1.29 is 4.74 Å². The maximum absolute atomic E-state index is 5.64. The zero-order chi connectivity index (χ0) is 12.7. The van der Waals surface area contributed by atoms with Crippen LogP contribution in [0.3, 0.4) is 0 Å². The van der Waals surface area contributed by atoms with Crippen LogP contribution in [0, 0.1) is 0 Å². The Morgan fingerprint density at radius 1 is 1.41 bits per heavy atom. The summed E-state index contributed by atoms with van der Waals surface area (Å²) in [6.45, 7) is 11.4. The van der Waals surface area contributed by atoms with Crippen LogP contribution in [0.1, 0.15) is 46.5 Å². The van der Waals surface area contributed by atoms with Crippen LogP contribution >= 0.6 is 0 Å². The summed E-state index contributed by atoms with van der Waals surface area (Å²) >= 11 is 0. The van der Waals surface area contributed by atoms with Crippen LogP contribution in [-0.4, -0.2) is 49.8 Å². The van der Waals surface area contributed by atoms with Crippen LogP contribution in [0.5, 0.6) is 0 Å². The van der Waals surface area contributed by atoms with Gasteiger partial charge in [-0.05, 0) is 59.2 Å². The van der Waals surface area contributed by atoms with Gasteiger partial charge in [-0.3, -0.25) is 4.90 Å². The standard InChI is InChI=1S/C14H30N2O/c1-5-9-15-10-7-13(2)16-11-6-8-14(3,12-16)17-4/h13,15H,5-12H2,1-4H3. The molecule has 1 aliphatic rings. The molecule has 0 aliphatic carbocycles. The molecule has 0 spiro atoms. The van der Waals surface area contributed by atoms with Crippen molar-refractivity contribution in [3.63, 3.8) is 0 Å². The smallest absolute Gasteiger partial charge is 0.0777 e. The fraction of sp³-hybridized carbons (Fsp3) is 1.00. The van der Waals surface area contributed by atoms with Gasteiger partial charge in [0.25, 0.3) is 0 Å². The fourth-order valence-corrected chi connectivity index (χ4v) is 2.58. The third kappa shape index (κ3) is 4.94. The van der Waals surface area contributed by atoms with Crippen LogP contribution in [0.2, 0.25) is 0 Å². The average Bonchev–Trinajstić information content (AvgIpc) is 2.34. The van der Waals surface area contributed by atoms with Crippen molar-refractivity contribution in [3.8, 4) is 0 Å². The molecule has 1 N–H and O–H groups in total. The van der Waals surface area contributed by atoms with Crippen molar-refractivity contribution >= 4 is 0 Å².